The summed E-state index contributed by atoms with van der Waals surface area (Å²) in [7, 11) is 0. The number of para-hydroxylation sites is 2. The summed E-state index contributed by atoms with van der Waals surface area (Å²) in [6.45, 7) is 0.697. The molecule has 2 aromatic heterocycles. The number of carbonyl (C=O) groups is 1. The average Bonchev–Trinajstić information content (AvgIpc) is 3.49. The van der Waals surface area contributed by atoms with Gasteiger partial charge in [-0.2, -0.15) is 18.4 Å². The van der Waals surface area contributed by atoms with Crippen molar-refractivity contribution in [2.45, 2.75) is 17.5 Å². The number of H-pyrrole nitrogens is 1. The van der Waals surface area contributed by atoms with Gasteiger partial charge in [-0.3, -0.25) is 0 Å². The number of benzene rings is 2. The first kappa shape index (κ1) is 25.6. The summed E-state index contributed by atoms with van der Waals surface area (Å²) < 4.78 is 31.7. The fourth-order valence-electron chi connectivity index (χ4n) is 3.49. The Labute approximate surface area is 213 Å². The van der Waals surface area contributed by atoms with Crippen molar-refractivity contribution in [1.82, 2.24) is 15.0 Å². The number of carboxylic acid groups (broad SMARTS) is 1. The lowest BCUT2D eigenvalue weighted by atomic mass is 10.1. The molecule has 0 unspecified atom stereocenters. The predicted molar refractivity (Wildman–Crippen MR) is 135 cm³/mol. The van der Waals surface area contributed by atoms with Gasteiger partial charge in [-0.25, -0.2) is 14.8 Å². The number of anilines is 2. The Morgan fingerprint density at radius 1 is 1.14 bits per heavy atom. The van der Waals surface area contributed by atoms with E-state index in [0.717, 1.165) is 27.5 Å². The van der Waals surface area contributed by atoms with Gasteiger partial charge in [-0.15, -0.1) is 0 Å². The Kier molecular flexibility index (Phi) is 7.64. The second kappa shape index (κ2) is 11.0. The zero-order valence-electron chi connectivity index (χ0n) is 19.0. The number of alkyl halides is 3. The van der Waals surface area contributed by atoms with Crippen LogP contribution in [0.4, 0.5) is 24.8 Å². The lowest BCUT2D eigenvalue weighted by molar-refractivity contribution is -0.192. The molecule has 0 bridgehead atoms. The monoisotopic (exact) mass is 524 g/mol. The molecule has 37 heavy (non-hydrogen) atoms. The van der Waals surface area contributed by atoms with Gasteiger partial charge < -0.3 is 20.7 Å². The summed E-state index contributed by atoms with van der Waals surface area (Å²) >= 11 is 1.55. The SMILES string of the molecule is N#C/C(=C1/Nc2ccccc2S1)c1ccnc(NCCc2c[nH]c3ccccc23)n1.O=C(O)C(F)(F)F. The van der Waals surface area contributed by atoms with Crippen molar-refractivity contribution in [1.29, 1.82) is 5.26 Å². The van der Waals surface area contributed by atoms with Crippen LogP contribution in [0.15, 0.2) is 76.9 Å². The Morgan fingerprint density at radius 2 is 1.86 bits per heavy atom. The number of thioether (sulfide) groups is 1. The number of nitriles is 1. The molecule has 0 fully saturated rings. The molecule has 4 aromatic rings. The van der Waals surface area contributed by atoms with Gasteiger partial charge in [0.2, 0.25) is 5.95 Å². The lowest BCUT2D eigenvalue weighted by Crippen LogP contribution is -2.21. The smallest absolute Gasteiger partial charge is 0.475 e. The molecule has 0 amide bonds. The number of hydrogen-bond acceptors (Lipinski definition) is 7. The zero-order valence-corrected chi connectivity index (χ0v) is 19.8. The molecule has 0 saturated heterocycles. The van der Waals surface area contributed by atoms with Crippen LogP contribution in [-0.4, -0.2) is 38.7 Å². The van der Waals surface area contributed by atoms with Gasteiger partial charge in [-0.1, -0.05) is 42.1 Å². The Bertz CT molecular complexity index is 1480. The van der Waals surface area contributed by atoms with Gasteiger partial charge in [0.05, 0.1) is 16.4 Å². The standard InChI is InChI=1S/C23H18N6S.C2HF3O2/c24-13-17(22-28-20-7-3-4-8-21(20)30-22)19-10-12-26-23(29-19)25-11-9-15-14-27-18-6-2-1-5-16(15)18;3-2(4,5)1(6)7/h1-8,10,12,14,27-28H,9,11H2,(H,25,26,29);(H,6,7)/b22-17+;. The first-order valence-electron chi connectivity index (χ1n) is 10.9. The highest BCUT2D eigenvalue weighted by atomic mass is 32.2. The summed E-state index contributed by atoms with van der Waals surface area (Å²) in [6.07, 6.45) is -0.514. The highest BCUT2D eigenvalue weighted by Crippen LogP contribution is 2.43. The van der Waals surface area contributed by atoms with Crippen LogP contribution in [0, 0.1) is 11.3 Å². The number of nitrogens with one attached hydrogen (secondary N) is 3. The van der Waals surface area contributed by atoms with Crippen LogP contribution in [-0.2, 0) is 11.2 Å². The number of halogens is 3. The summed E-state index contributed by atoms with van der Waals surface area (Å²) in [5.41, 5.74) is 4.51. The second-order valence-electron chi connectivity index (χ2n) is 7.64. The van der Waals surface area contributed by atoms with Crippen LogP contribution in [0.5, 0.6) is 0 Å². The molecule has 1 aliphatic heterocycles. The molecule has 12 heteroatoms. The van der Waals surface area contributed by atoms with Gasteiger partial charge in [0.1, 0.15) is 11.6 Å². The first-order chi connectivity index (χ1) is 17.8. The largest absolute Gasteiger partial charge is 0.490 e. The molecule has 2 aromatic carbocycles. The average molecular weight is 525 g/mol. The predicted octanol–water partition coefficient (Wildman–Crippen LogP) is 5.66. The van der Waals surface area contributed by atoms with Crippen molar-refractivity contribution >= 4 is 45.8 Å². The molecule has 1 aliphatic rings. The Morgan fingerprint density at radius 3 is 2.59 bits per heavy atom. The highest BCUT2D eigenvalue weighted by Gasteiger charge is 2.38. The molecule has 0 radical (unpaired) electrons. The summed E-state index contributed by atoms with van der Waals surface area (Å²) in [5.74, 6) is -2.24. The number of aromatic nitrogens is 3. The van der Waals surface area contributed by atoms with E-state index in [1.807, 2.05) is 42.6 Å². The molecule has 0 saturated carbocycles. The molecule has 8 nitrogen and oxygen atoms in total. The summed E-state index contributed by atoms with van der Waals surface area (Å²) in [4.78, 5) is 22.2. The van der Waals surface area contributed by atoms with Crippen LogP contribution < -0.4 is 10.6 Å². The maximum absolute atomic E-state index is 10.6. The number of rotatable bonds is 5. The van der Waals surface area contributed by atoms with E-state index in [4.69, 9.17) is 9.90 Å². The number of aliphatic carboxylic acids is 1. The minimum absolute atomic E-state index is 0.512. The van der Waals surface area contributed by atoms with E-state index in [2.05, 4.69) is 43.8 Å². The number of nitrogens with zero attached hydrogens (tertiary/aromatic N) is 3. The van der Waals surface area contributed by atoms with Crippen molar-refractivity contribution in [2.75, 3.05) is 17.2 Å². The summed E-state index contributed by atoms with van der Waals surface area (Å²) in [6, 6.07) is 20.3. The van der Waals surface area contributed by atoms with E-state index in [-0.39, 0.29) is 0 Å². The van der Waals surface area contributed by atoms with Crippen molar-refractivity contribution < 1.29 is 23.1 Å². The van der Waals surface area contributed by atoms with Crippen molar-refractivity contribution in [3.8, 4) is 6.07 Å². The third-order valence-electron chi connectivity index (χ3n) is 5.19. The third-order valence-corrected chi connectivity index (χ3v) is 6.28. The van der Waals surface area contributed by atoms with E-state index in [0.29, 0.717) is 23.8 Å². The molecular formula is C25H19F3N6O2S. The number of fused-ring (bicyclic) bond motifs is 2. The van der Waals surface area contributed by atoms with Gasteiger partial charge in [0.25, 0.3) is 0 Å². The quantitative estimate of drug-likeness (QED) is 0.247. The fourth-order valence-corrected chi connectivity index (χ4v) is 4.49. The van der Waals surface area contributed by atoms with E-state index in [9.17, 15) is 18.4 Å². The molecule has 0 spiro atoms. The topological polar surface area (TPSA) is 127 Å². The molecule has 3 heterocycles. The van der Waals surface area contributed by atoms with Crippen LogP contribution in [0.2, 0.25) is 0 Å². The van der Waals surface area contributed by atoms with Gasteiger partial charge >= 0.3 is 12.1 Å². The van der Waals surface area contributed by atoms with E-state index in [1.54, 1.807) is 24.0 Å². The minimum atomic E-state index is -5.08. The minimum Gasteiger partial charge on any atom is -0.475 e. The van der Waals surface area contributed by atoms with Gasteiger partial charge in [-0.05, 0) is 36.2 Å². The van der Waals surface area contributed by atoms with Gasteiger partial charge in [0.15, 0.2) is 0 Å². The van der Waals surface area contributed by atoms with Gasteiger partial charge in [0, 0.05) is 34.7 Å². The van der Waals surface area contributed by atoms with Crippen LogP contribution in [0.3, 0.4) is 0 Å². The fraction of sp³-hybridized carbons (Fsp3) is 0.120. The number of hydrogen-bond donors (Lipinski definition) is 4. The van der Waals surface area contributed by atoms with Crippen molar-refractivity contribution in [3.63, 3.8) is 0 Å². The van der Waals surface area contributed by atoms with E-state index in [1.165, 1.54) is 10.9 Å². The molecule has 0 aliphatic carbocycles. The molecular weight excluding hydrogens is 505 g/mol. The number of aromatic amines is 1. The number of carboxylic acids is 1. The zero-order chi connectivity index (χ0) is 26.4. The Balaban J connectivity index is 0.000000405. The number of allylic oxidation sites excluding steroid dienone is 1. The van der Waals surface area contributed by atoms with Crippen molar-refractivity contribution in [2.24, 2.45) is 0 Å². The summed E-state index contributed by atoms with van der Waals surface area (Å²) in [5, 5.41) is 25.5. The lowest BCUT2D eigenvalue weighted by Gasteiger charge is -2.07. The molecule has 188 valence electrons. The molecule has 4 N–H and O–H groups in total. The highest BCUT2D eigenvalue weighted by molar-refractivity contribution is 8.04. The Hall–Kier alpha value is -4.50. The van der Waals surface area contributed by atoms with Crippen LogP contribution in [0.1, 0.15) is 11.3 Å². The second-order valence-corrected chi connectivity index (χ2v) is 8.70. The maximum atomic E-state index is 10.6. The molecule has 0 atom stereocenters. The third kappa shape index (κ3) is 6.20. The van der Waals surface area contributed by atoms with Crippen LogP contribution in [0.25, 0.3) is 16.5 Å². The van der Waals surface area contributed by atoms with E-state index >= 15 is 0 Å². The van der Waals surface area contributed by atoms with Crippen LogP contribution >= 0.6 is 11.8 Å². The van der Waals surface area contributed by atoms with Crippen molar-refractivity contribution in [3.05, 3.63) is 83.3 Å². The van der Waals surface area contributed by atoms with E-state index < -0.39 is 12.1 Å². The molecule has 5 rings (SSSR count). The maximum Gasteiger partial charge on any atom is 0.490 e. The normalized spacial score (nSPS) is 13.6. The first-order valence-corrected chi connectivity index (χ1v) is 11.7.